The van der Waals surface area contributed by atoms with Crippen LogP contribution in [0.1, 0.15) is 18.0 Å². The number of hydrogen-bond donors (Lipinski definition) is 2. The number of esters is 1. The van der Waals surface area contributed by atoms with Gasteiger partial charge in [-0.3, -0.25) is 10.1 Å². The number of amides is 2. The monoisotopic (exact) mass is 345 g/mol. The summed E-state index contributed by atoms with van der Waals surface area (Å²) in [6.07, 6.45) is 3.62. The lowest BCUT2D eigenvalue weighted by Crippen LogP contribution is -2.34. The topological polar surface area (TPSA) is 80.3 Å². The van der Waals surface area contributed by atoms with Crippen molar-refractivity contribution in [2.24, 2.45) is 0 Å². The van der Waals surface area contributed by atoms with Gasteiger partial charge in [0.1, 0.15) is 5.82 Å². The Labute approximate surface area is 145 Å². The number of urea groups is 1. The predicted molar refractivity (Wildman–Crippen MR) is 94.0 cm³/mol. The fourth-order valence-electron chi connectivity index (χ4n) is 2.09. The molecule has 6 nitrogen and oxygen atoms in total. The van der Waals surface area contributed by atoms with Gasteiger partial charge in [-0.05, 0) is 36.1 Å². The first-order valence-corrected chi connectivity index (χ1v) is 8.54. The summed E-state index contributed by atoms with van der Waals surface area (Å²) in [6, 6.07) is 12.0. The number of ether oxygens (including phenoxy) is 1. The van der Waals surface area contributed by atoms with Gasteiger partial charge in [0.15, 0.2) is 0 Å². The van der Waals surface area contributed by atoms with Gasteiger partial charge in [0, 0.05) is 11.1 Å². The Morgan fingerprint density at radius 1 is 1.21 bits per heavy atom. The molecule has 0 saturated heterocycles. The molecule has 0 saturated carbocycles. The largest absolute Gasteiger partial charge is 0.469 e. The molecule has 126 valence electrons. The van der Waals surface area contributed by atoms with Crippen molar-refractivity contribution >= 4 is 29.6 Å². The molecule has 1 aromatic heterocycles. The van der Waals surface area contributed by atoms with Gasteiger partial charge in [0.05, 0.1) is 19.6 Å². The number of carbonyl (C=O) groups is 2. The second-order valence-corrected chi connectivity index (χ2v) is 5.80. The highest BCUT2D eigenvalue weighted by atomic mass is 32.2. The summed E-state index contributed by atoms with van der Waals surface area (Å²) < 4.78 is 4.72. The Morgan fingerprint density at radius 2 is 1.96 bits per heavy atom. The van der Waals surface area contributed by atoms with Gasteiger partial charge in [0.2, 0.25) is 0 Å². The van der Waals surface area contributed by atoms with Crippen molar-refractivity contribution in [2.75, 3.05) is 18.7 Å². The molecular weight excluding hydrogens is 326 g/mol. The number of nitrogens with one attached hydrogen (secondary N) is 2. The van der Waals surface area contributed by atoms with E-state index < -0.39 is 18.0 Å². The van der Waals surface area contributed by atoms with Gasteiger partial charge < -0.3 is 10.1 Å². The number of carbonyl (C=O) groups excluding carboxylic acids is 2. The van der Waals surface area contributed by atoms with E-state index >= 15 is 0 Å². The molecule has 1 atom stereocenters. The molecule has 0 spiro atoms. The minimum absolute atomic E-state index is 0.0464. The summed E-state index contributed by atoms with van der Waals surface area (Å²) in [5.41, 5.74) is 0.828. The summed E-state index contributed by atoms with van der Waals surface area (Å²) >= 11 is 1.62. The summed E-state index contributed by atoms with van der Waals surface area (Å²) in [4.78, 5) is 29.0. The summed E-state index contributed by atoms with van der Waals surface area (Å²) in [5, 5.41) is 5.43. The Balaban J connectivity index is 2.09. The normalized spacial score (nSPS) is 11.4. The molecule has 0 bridgehead atoms. The van der Waals surface area contributed by atoms with Crippen molar-refractivity contribution in [3.05, 3.63) is 54.2 Å². The standard InChI is InChI=1S/C17H19N3O3S/c1-23-16(21)11-14(12-6-8-13(24-2)9-7-12)19-17(22)20-15-5-3-4-10-18-15/h3-10,14H,11H2,1-2H3,(H2,18,19,20,22)/t14-/m1/s1. The van der Waals surface area contributed by atoms with Crippen molar-refractivity contribution in [1.82, 2.24) is 10.3 Å². The molecule has 0 aliphatic carbocycles. The Hall–Kier alpha value is -2.54. The molecule has 0 radical (unpaired) electrons. The van der Waals surface area contributed by atoms with Crippen molar-refractivity contribution in [3.63, 3.8) is 0 Å². The smallest absolute Gasteiger partial charge is 0.320 e. The molecule has 2 rings (SSSR count). The Morgan fingerprint density at radius 3 is 2.54 bits per heavy atom. The van der Waals surface area contributed by atoms with E-state index in [-0.39, 0.29) is 6.42 Å². The van der Waals surface area contributed by atoms with E-state index in [9.17, 15) is 9.59 Å². The maximum Gasteiger partial charge on any atom is 0.320 e. The molecule has 24 heavy (non-hydrogen) atoms. The van der Waals surface area contributed by atoms with Crippen LogP contribution in [0.15, 0.2) is 53.6 Å². The average Bonchev–Trinajstić information content (AvgIpc) is 2.62. The Kier molecular flexibility index (Phi) is 6.62. The average molecular weight is 345 g/mol. The number of thioether (sulfide) groups is 1. The van der Waals surface area contributed by atoms with E-state index in [4.69, 9.17) is 4.74 Å². The number of aromatic nitrogens is 1. The molecule has 0 aliphatic rings. The number of rotatable bonds is 6. The third kappa shape index (κ3) is 5.27. The van der Waals surface area contributed by atoms with Crippen LogP contribution in [0, 0.1) is 0 Å². The lowest BCUT2D eigenvalue weighted by Gasteiger charge is -2.18. The first-order chi connectivity index (χ1) is 11.6. The first kappa shape index (κ1) is 17.8. The Bertz CT molecular complexity index is 677. The summed E-state index contributed by atoms with van der Waals surface area (Å²) in [7, 11) is 1.32. The lowest BCUT2D eigenvalue weighted by molar-refractivity contribution is -0.141. The second kappa shape index (κ2) is 8.93. The van der Waals surface area contributed by atoms with E-state index in [0.29, 0.717) is 5.82 Å². The van der Waals surface area contributed by atoms with E-state index in [1.807, 2.05) is 30.5 Å². The fraction of sp³-hybridized carbons (Fsp3) is 0.235. The lowest BCUT2D eigenvalue weighted by atomic mass is 10.0. The second-order valence-electron chi connectivity index (χ2n) is 4.92. The van der Waals surface area contributed by atoms with Crippen LogP contribution < -0.4 is 10.6 Å². The molecule has 7 heteroatoms. The van der Waals surface area contributed by atoms with Crippen LogP contribution in [0.2, 0.25) is 0 Å². The van der Waals surface area contributed by atoms with Crippen molar-refractivity contribution in [2.45, 2.75) is 17.4 Å². The van der Waals surface area contributed by atoms with Gasteiger partial charge >= 0.3 is 12.0 Å². The number of anilines is 1. The number of nitrogens with zero attached hydrogens (tertiary/aromatic N) is 1. The molecule has 0 aliphatic heterocycles. The van der Waals surface area contributed by atoms with Crippen LogP contribution in [0.3, 0.4) is 0 Å². The molecule has 2 N–H and O–H groups in total. The molecule has 0 fully saturated rings. The van der Waals surface area contributed by atoms with Gasteiger partial charge in [-0.15, -0.1) is 11.8 Å². The zero-order valence-electron chi connectivity index (χ0n) is 13.5. The minimum atomic E-state index is -0.489. The highest BCUT2D eigenvalue weighted by Gasteiger charge is 2.19. The van der Waals surface area contributed by atoms with Crippen LogP contribution in [-0.4, -0.2) is 30.3 Å². The van der Waals surface area contributed by atoms with Crippen LogP contribution in [0.5, 0.6) is 0 Å². The summed E-state index contributed by atoms with van der Waals surface area (Å²) in [6.45, 7) is 0. The van der Waals surface area contributed by atoms with Gasteiger partial charge in [0.25, 0.3) is 0 Å². The molecule has 0 unspecified atom stereocenters. The van der Waals surface area contributed by atoms with Crippen LogP contribution in [-0.2, 0) is 9.53 Å². The maximum absolute atomic E-state index is 12.2. The SMILES string of the molecule is COC(=O)C[C@@H](NC(=O)Nc1ccccn1)c1ccc(SC)cc1. The van der Waals surface area contributed by atoms with E-state index in [1.165, 1.54) is 7.11 Å². The zero-order valence-corrected chi connectivity index (χ0v) is 14.3. The fourth-order valence-corrected chi connectivity index (χ4v) is 2.49. The van der Waals surface area contributed by atoms with Gasteiger partial charge in [-0.25, -0.2) is 9.78 Å². The number of benzene rings is 1. The molecule has 2 aromatic rings. The van der Waals surface area contributed by atoms with Crippen LogP contribution >= 0.6 is 11.8 Å². The maximum atomic E-state index is 12.2. The molecule has 1 aromatic carbocycles. The predicted octanol–water partition coefficient (Wildman–Crippen LogP) is 3.23. The van der Waals surface area contributed by atoms with Gasteiger partial charge in [-0.1, -0.05) is 18.2 Å². The zero-order chi connectivity index (χ0) is 17.4. The van der Waals surface area contributed by atoms with Gasteiger partial charge in [-0.2, -0.15) is 0 Å². The molecule has 1 heterocycles. The highest BCUT2D eigenvalue weighted by molar-refractivity contribution is 7.98. The van der Waals surface area contributed by atoms with E-state index in [1.54, 1.807) is 36.2 Å². The quantitative estimate of drug-likeness (QED) is 0.621. The summed E-state index contributed by atoms with van der Waals surface area (Å²) in [5.74, 6) is 0.0385. The highest BCUT2D eigenvalue weighted by Crippen LogP contribution is 2.22. The van der Waals surface area contributed by atoms with Crippen molar-refractivity contribution in [3.8, 4) is 0 Å². The van der Waals surface area contributed by atoms with Crippen LogP contribution in [0.4, 0.5) is 10.6 Å². The number of hydrogen-bond acceptors (Lipinski definition) is 5. The van der Waals surface area contributed by atoms with Crippen molar-refractivity contribution in [1.29, 1.82) is 0 Å². The third-order valence-electron chi connectivity index (χ3n) is 3.33. The van der Waals surface area contributed by atoms with E-state index in [2.05, 4.69) is 15.6 Å². The third-order valence-corrected chi connectivity index (χ3v) is 4.07. The number of methoxy groups -OCH3 is 1. The number of pyridine rings is 1. The molecule has 2 amide bonds. The van der Waals surface area contributed by atoms with E-state index in [0.717, 1.165) is 10.5 Å². The molecular formula is C17H19N3O3S. The van der Waals surface area contributed by atoms with Crippen LogP contribution in [0.25, 0.3) is 0 Å². The van der Waals surface area contributed by atoms with Crippen molar-refractivity contribution < 1.29 is 14.3 Å². The first-order valence-electron chi connectivity index (χ1n) is 7.31. The minimum Gasteiger partial charge on any atom is -0.469 e.